The van der Waals surface area contributed by atoms with Crippen molar-refractivity contribution in [3.05, 3.63) is 0 Å². The van der Waals surface area contributed by atoms with Gasteiger partial charge in [-0.15, -0.1) is 0 Å². The highest BCUT2D eigenvalue weighted by molar-refractivity contribution is 7.99. The lowest BCUT2D eigenvalue weighted by molar-refractivity contribution is -0.123. The number of hydrogen-bond acceptors (Lipinski definition) is 4. The number of carbonyl (C=O) groups is 1. The maximum Gasteiger partial charge on any atom is 0.237 e. The van der Waals surface area contributed by atoms with E-state index < -0.39 is 0 Å². The summed E-state index contributed by atoms with van der Waals surface area (Å²) in [6.07, 6.45) is 0.942. The van der Waals surface area contributed by atoms with Gasteiger partial charge >= 0.3 is 0 Å². The molecule has 0 aromatic heterocycles. The molecular formula is C12H25N3OS. The van der Waals surface area contributed by atoms with E-state index in [9.17, 15) is 4.79 Å². The van der Waals surface area contributed by atoms with E-state index in [2.05, 4.69) is 17.1 Å². The van der Waals surface area contributed by atoms with Crippen LogP contribution in [0, 0.1) is 5.92 Å². The van der Waals surface area contributed by atoms with E-state index in [0.717, 1.165) is 26.1 Å². The van der Waals surface area contributed by atoms with Crippen LogP contribution in [0.1, 0.15) is 20.3 Å². The van der Waals surface area contributed by atoms with Gasteiger partial charge in [0.15, 0.2) is 0 Å². The zero-order chi connectivity index (χ0) is 12.7. The molecule has 1 aliphatic heterocycles. The van der Waals surface area contributed by atoms with Gasteiger partial charge in [-0.3, -0.25) is 9.69 Å². The second kappa shape index (κ2) is 7.95. The zero-order valence-corrected chi connectivity index (χ0v) is 11.8. The molecule has 0 aromatic rings. The van der Waals surface area contributed by atoms with Crippen LogP contribution in [0.5, 0.6) is 0 Å². The Morgan fingerprint density at radius 1 is 1.47 bits per heavy atom. The van der Waals surface area contributed by atoms with Gasteiger partial charge in [0.1, 0.15) is 0 Å². The van der Waals surface area contributed by atoms with E-state index in [1.807, 2.05) is 18.7 Å². The molecule has 1 rings (SSSR count). The van der Waals surface area contributed by atoms with Gasteiger partial charge in [0, 0.05) is 37.7 Å². The van der Waals surface area contributed by atoms with Crippen molar-refractivity contribution in [3.63, 3.8) is 0 Å². The standard InChI is InChI=1S/C12H25N3OS/c1-3-10(2)11(13)12(16)14-4-5-15-6-8-17-9-7-15/h10-11H,3-9,13H2,1-2H3,(H,14,16)/t10?,11-/m0/s1. The van der Waals surface area contributed by atoms with Crippen LogP contribution in [-0.4, -0.2) is 54.5 Å². The molecule has 5 heteroatoms. The molecule has 1 fully saturated rings. The average molecular weight is 259 g/mol. The van der Waals surface area contributed by atoms with E-state index >= 15 is 0 Å². The average Bonchev–Trinajstić information content (AvgIpc) is 2.38. The molecule has 4 nitrogen and oxygen atoms in total. The van der Waals surface area contributed by atoms with Gasteiger partial charge in [-0.2, -0.15) is 11.8 Å². The Morgan fingerprint density at radius 2 is 2.12 bits per heavy atom. The smallest absolute Gasteiger partial charge is 0.237 e. The molecule has 100 valence electrons. The predicted octanol–water partition coefficient (Wildman–Crippen LogP) is 0.525. The Bertz CT molecular complexity index is 232. The van der Waals surface area contributed by atoms with Gasteiger partial charge in [-0.05, 0) is 5.92 Å². The number of carbonyl (C=O) groups excluding carboxylic acids is 1. The highest BCUT2D eigenvalue weighted by atomic mass is 32.2. The predicted molar refractivity (Wildman–Crippen MR) is 74.2 cm³/mol. The number of nitrogens with one attached hydrogen (secondary N) is 1. The summed E-state index contributed by atoms with van der Waals surface area (Å²) in [4.78, 5) is 14.1. The number of nitrogens with two attached hydrogens (primary N) is 1. The third kappa shape index (κ3) is 5.27. The van der Waals surface area contributed by atoms with Crippen molar-refractivity contribution >= 4 is 17.7 Å². The number of amides is 1. The van der Waals surface area contributed by atoms with Crippen molar-refractivity contribution in [1.82, 2.24) is 10.2 Å². The molecule has 3 N–H and O–H groups in total. The molecule has 0 aromatic carbocycles. The third-order valence-electron chi connectivity index (χ3n) is 3.39. The highest BCUT2D eigenvalue weighted by Gasteiger charge is 2.19. The zero-order valence-electron chi connectivity index (χ0n) is 10.9. The third-order valence-corrected chi connectivity index (χ3v) is 4.33. The normalized spacial score (nSPS) is 20.9. The molecule has 1 aliphatic rings. The van der Waals surface area contributed by atoms with Gasteiger partial charge in [0.05, 0.1) is 6.04 Å². The number of nitrogens with zero attached hydrogens (tertiary/aromatic N) is 1. The van der Waals surface area contributed by atoms with E-state index in [1.54, 1.807) is 0 Å². The summed E-state index contributed by atoms with van der Waals surface area (Å²) in [5.41, 5.74) is 5.86. The monoisotopic (exact) mass is 259 g/mol. The Kier molecular flexibility index (Phi) is 6.92. The van der Waals surface area contributed by atoms with E-state index in [-0.39, 0.29) is 17.9 Å². The Morgan fingerprint density at radius 3 is 2.71 bits per heavy atom. The van der Waals surface area contributed by atoms with Crippen molar-refractivity contribution in [1.29, 1.82) is 0 Å². The van der Waals surface area contributed by atoms with Crippen LogP contribution < -0.4 is 11.1 Å². The largest absolute Gasteiger partial charge is 0.353 e. The Balaban J connectivity index is 2.14. The number of rotatable bonds is 6. The molecule has 0 aliphatic carbocycles. The van der Waals surface area contributed by atoms with E-state index in [0.29, 0.717) is 6.54 Å². The second-order valence-corrected chi connectivity index (χ2v) is 5.88. The van der Waals surface area contributed by atoms with Gasteiger partial charge in [0.2, 0.25) is 5.91 Å². The lowest BCUT2D eigenvalue weighted by Gasteiger charge is -2.26. The summed E-state index contributed by atoms with van der Waals surface area (Å²) in [6, 6.07) is -0.364. The molecule has 0 spiro atoms. The fraction of sp³-hybridized carbons (Fsp3) is 0.917. The van der Waals surface area contributed by atoms with E-state index in [1.165, 1.54) is 11.5 Å². The van der Waals surface area contributed by atoms with Crippen LogP contribution in [0.2, 0.25) is 0 Å². The van der Waals surface area contributed by atoms with Crippen molar-refractivity contribution in [3.8, 4) is 0 Å². The summed E-state index contributed by atoms with van der Waals surface area (Å²) in [6.45, 7) is 8.01. The molecule has 17 heavy (non-hydrogen) atoms. The Labute approximate surface area is 109 Å². The maximum absolute atomic E-state index is 11.7. The van der Waals surface area contributed by atoms with Gasteiger partial charge < -0.3 is 11.1 Å². The van der Waals surface area contributed by atoms with Crippen LogP contribution in [0.3, 0.4) is 0 Å². The lowest BCUT2D eigenvalue weighted by Crippen LogP contribution is -2.47. The molecule has 1 saturated heterocycles. The Hall–Kier alpha value is -0.260. The topological polar surface area (TPSA) is 58.4 Å². The maximum atomic E-state index is 11.7. The summed E-state index contributed by atoms with van der Waals surface area (Å²) >= 11 is 2.00. The van der Waals surface area contributed by atoms with Crippen LogP contribution in [0.4, 0.5) is 0 Å². The first-order chi connectivity index (χ1) is 8.15. The fourth-order valence-corrected chi connectivity index (χ4v) is 2.77. The van der Waals surface area contributed by atoms with Crippen LogP contribution in [0.15, 0.2) is 0 Å². The molecule has 1 heterocycles. The minimum absolute atomic E-state index is 0.00858. The number of thioether (sulfide) groups is 1. The lowest BCUT2D eigenvalue weighted by atomic mass is 9.99. The first kappa shape index (κ1) is 14.8. The molecule has 1 unspecified atom stereocenters. The summed E-state index contributed by atoms with van der Waals surface area (Å²) < 4.78 is 0. The quantitative estimate of drug-likeness (QED) is 0.730. The molecule has 1 amide bonds. The molecule has 0 saturated carbocycles. The first-order valence-electron chi connectivity index (χ1n) is 6.48. The van der Waals surface area contributed by atoms with Crippen molar-refractivity contribution in [2.75, 3.05) is 37.7 Å². The molecule has 0 radical (unpaired) electrons. The molecule has 2 atom stereocenters. The summed E-state index contributed by atoms with van der Waals surface area (Å²) in [7, 11) is 0. The van der Waals surface area contributed by atoms with Crippen molar-refractivity contribution in [2.45, 2.75) is 26.3 Å². The van der Waals surface area contributed by atoms with Crippen LogP contribution in [0.25, 0.3) is 0 Å². The first-order valence-corrected chi connectivity index (χ1v) is 7.64. The summed E-state index contributed by atoms with van der Waals surface area (Å²) in [5, 5.41) is 2.93. The SMILES string of the molecule is CCC(C)[C@H](N)C(=O)NCCN1CCSCC1. The second-order valence-electron chi connectivity index (χ2n) is 4.66. The fourth-order valence-electron chi connectivity index (χ4n) is 1.79. The minimum atomic E-state index is -0.364. The van der Waals surface area contributed by atoms with Crippen LogP contribution >= 0.6 is 11.8 Å². The highest BCUT2D eigenvalue weighted by Crippen LogP contribution is 2.08. The molecular weight excluding hydrogens is 234 g/mol. The van der Waals surface area contributed by atoms with Crippen molar-refractivity contribution in [2.24, 2.45) is 11.7 Å². The minimum Gasteiger partial charge on any atom is -0.353 e. The number of hydrogen-bond donors (Lipinski definition) is 2. The van der Waals surface area contributed by atoms with Gasteiger partial charge in [0.25, 0.3) is 0 Å². The summed E-state index contributed by atoms with van der Waals surface area (Å²) in [5.74, 6) is 2.66. The van der Waals surface area contributed by atoms with Gasteiger partial charge in [-0.25, -0.2) is 0 Å². The van der Waals surface area contributed by atoms with E-state index in [4.69, 9.17) is 5.73 Å². The van der Waals surface area contributed by atoms with Crippen molar-refractivity contribution < 1.29 is 4.79 Å². The van der Waals surface area contributed by atoms with Gasteiger partial charge in [-0.1, -0.05) is 20.3 Å². The molecule has 0 bridgehead atoms. The van der Waals surface area contributed by atoms with Crippen LogP contribution in [-0.2, 0) is 4.79 Å².